The van der Waals surface area contributed by atoms with E-state index >= 15 is 0 Å². The first-order valence-electron chi connectivity index (χ1n) is 4.34. The first-order valence-corrected chi connectivity index (χ1v) is 7.52. The fraction of sp³-hybridized carbons (Fsp3) is 0.250. The number of hydrogen-bond donors (Lipinski definition) is 1. The standard InChI is InChI=1S/C8H9N3O2SSe/c1-2-14(12,13)9-6-4-3-5-7-8(6)11-15-10-7/h3-5,9H,2H2,1H3. The van der Waals surface area contributed by atoms with E-state index in [4.69, 9.17) is 0 Å². The van der Waals surface area contributed by atoms with Crippen LogP contribution in [0.4, 0.5) is 5.69 Å². The van der Waals surface area contributed by atoms with Gasteiger partial charge in [0.25, 0.3) is 0 Å². The van der Waals surface area contributed by atoms with Crippen molar-refractivity contribution in [2.24, 2.45) is 0 Å². The van der Waals surface area contributed by atoms with E-state index in [0.29, 0.717) is 11.2 Å². The number of benzene rings is 1. The number of hydrogen-bond acceptors (Lipinski definition) is 4. The average molecular weight is 290 g/mol. The minimum absolute atomic E-state index is 0.0545. The maximum atomic E-state index is 11.4. The van der Waals surface area contributed by atoms with Crippen molar-refractivity contribution in [3.05, 3.63) is 18.2 Å². The van der Waals surface area contributed by atoms with Gasteiger partial charge in [-0.05, 0) is 0 Å². The Hall–Kier alpha value is -0.911. The van der Waals surface area contributed by atoms with Gasteiger partial charge in [0.05, 0.1) is 0 Å². The summed E-state index contributed by atoms with van der Waals surface area (Å²) in [7, 11) is -3.24. The van der Waals surface area contributed by atoms with Gasteiger partial charge in [-0.25, -0.2) is 0 Å². The van der Waals surface area contributed by atoms with Crippen molar-refractivity contribution >= 4 is 41.7 Å². The van der Waals surface area contributed by atoms with Crippen molar-refractivity contribution in [1.29, 1.82) is 0 Å². The third kappa shape index (κ3) is 2.19. The van der Waals surface area contributed by atoms with Crippen LogP contribution < -0.4 is 4.72 Å². The molecule has 2 rings (SSSR count). The molecule has 15 heavy (non-hydrogen) atoms. The van der Waals surface area contributed by atoms with Gasteiger partial charge in [0.1, 0.15) is 0 Å². The van der Waals surface area contributed by atoms with Crippen LogP contribution in [0.2, 0.25) is 0 Å². The summed E-state index contributed by atoms with van der Waals surface area (Å²) < 4.78 is 33.6. The third-order valence-corrected chi connectivity index (χ3v) is 4.36. The second-order valence-corrected chi connectivity index (χ2v) is 6.06. The molecule has 0 aliphatic heterocycles. The summed E-state index contributed by atoms with van der Waals surface area (Å²) in [4.78, 5) is 0. The SMILES string of the molecule is CCS(=O)(=O)Nc1cccc2n[se]nc12. The van der Waals surface area contributed by atoms with Crippen LogP contribution in [0, 0.1) is 0 Å². The van der Waals surface area contributed by atoms with Gasteiger partial charge in [-0.1, -0.05) is 0 Å². The molecule has 0 unspecified atom stereocenters. The van der Waals surface area contributed by atoms with Gasteiger partial charge in [-0.2, -0.15) is 0 Å². The Balaban J connectivity index is 2.48. The zero-order chi connectivity index (χ0) is 10.9. The molecule has 0 atom stereocenters. The zero-order valence-corrected chi connectivity index (χ0v) is 10.5. The van der Waals surface area contributed by atoms with Crippen molar-refractivity contribution in [3.63, 3.8) is 0 Å². The molecule has 0 aliphatic carbocycles. The Morgan fingerprint density at radius 1 is 1.40 bits per heavy atom. The summed E-state index contributed by atoms with van der Waals surface area (Å²) in [5.74, 6) is 0.0545. The van der Waals surface area contributed by atoms with Crippen LogP contribution in [0.1, 0.15) is 6.92 Å². The average Bonchev–Trinajstić information content (AvgIpc) is 2.66. The molecule has 5 nitrogen and oxygen atoms in total. The third-order valence-electron chi connectivity index (χ3n) is 1.93. The van der Waals surface area contributed by atoms with E-state index in [1.54, 1.807) is 19.1 Å². The summed E-state index contributed by atoms with van der Waals surface area (Å²) in [5.41, 5.74) is 1.96. The molecule has 1 heterocycles. The maximum absolute atomic E-state index is 11.4. The molecular formula is C8H9N3O2SSe. The molecule has 2 aromatic rings. The van der Waals surface area contributed by atoms with Crippen molar-refractivity contribution in [2.75, 3.05) is 10.5 Å². The van der Waals surface area contributed by atoms with Crippen LogP contribution in [0.3, 0.4) is 0 Å². The van der Waals surface area contributed by atoms with Crippen LogP contribution in [0.25, 0.3) is 11.0 Å². The molecule has 0 saturated carbocycles. The molecule has 0 bridgehead atoms. The molecule has 0 aliphatic rings. The van der Waals surface area contributed by atoms with Gasteiger partial charge in [-0.15, -0.1) is 0 Å². The molecule has 1 N–H and O–H groups in total. The minimum atomic E-state index is -3.24. The topological polar surface area (TPSA) is 72.0 Å². The van der Waals surface area contributed by atoms with E-state index in [1.165, 1.54) is 0 Å². The van der Waals surface area contributed by atoms with E-state index in [1.807, 2.05) is 6.07 Å². The number of anilines is 1. The van der Waals surface area contributed by atoms with E-state index in [2.05, 4.69) is 12.7 Å². The summed E-state index contributed by atoms with van der Waals surface area (Å²) in [5, 5.41) is 0. The number of aromatic nitrogens is 2. The molecule has 7 heteroatoms. The van der Waals surface area contributed by atoms with Crippen molar-refractivity contribution in [2.45, 2.75) is 6.92 Å². The number of fused-ring (bicyclic) bond motifs is 1. The quantitative estimate of drug-likeness (QED) is 0.833. The van der Waals surface area contributed by atoms with Gasteiger partial charge in [0, 0.05) is 0 Å². The second-order valence-electron chi connectivity index (χ2n) is 2.94. The van der Waals surface area contributed by atoms with Crippen LogP contribution in [-0.2, 0) is 10.0 Å². The summed E-state index contributed by atoms with van der Waals surface area (Å²) in [6, 6.07) is 5.30. The van der Waals surface area contributed by atoms with Gasteiger partial charge < -0.3 is 0 Å². The van der Waals surface area contributed by atoms with Gasteiger partial charge in [0.2, 0.25) is 0 Å². The molecule has 0 saturated heterocycles. The Labute approximate surface area is 93.8 Å². The van der Waals surface area contributed by atoms with E-state index in [9.17, 15) is 8.42 Å². The Morgan fingerprint density at radius 3 is 2.93 bits per heavy atom. The summed E-state index contributed by atoms with van der Waals surface area (Å²) in [6.07, 6.45) is 0. The van der Waals surface area contributed by atoms with Crippen LogP contribution in [-0.4, -0.2) is 37.1 Å². The Bertz CT molecular complexity index is 578. The molecule has 0 amide bonds. The number of nitrogens with one attached hydrogen (secondary N) is 1. The van der Waals surface area contributed by atoms with E-state index in [-0.39, 0.29) is 20.7 Å². The van der Waals surface area contributed by atoms with Crippen LogP contribution in [0.5, 0.6) is 0 Å². The van der Waals surface area contributed by atoms with Crippen molar-refractivity contribution < 1.29 is 8.42 Å². The van der Waals surface area contributed by atoms with Gasteiger partial charge in [-0.3, -0.25) is 0 Å². The predicted molar refractivity (Wildman–Crippen MR) is 59.6 cm³/mol. The first-order chi connectivity index (χ1) is 7.12. The van der Waals surface area contributed by atoms with E-state index in [0.717, 1.165) is 5.52 Å². The van der Waals surface area contributed by atoms with Crippen molar-refractivity contribution in [3.8, 4) is 0 Å². The summed E-state index contributed by atoms with van der Waals surface area (Å²) in [6.45, 7) is 1.59. The molecular weight excluding hydrogens is 281 g/mol. The van der Waals surface area contributed by atoms with Crippen LogP contribution >= 0.6 is 0 Å². The van der Waals surface area contributed by atoms with Crippen molar-refractivity contribution in [1.82, 2.24) is 7.96 Å². The normalized spacial score (nSPS) is 11.8. The Morgan fingerprint density at radius 2 is 2.20 bits per heavy atom. The first kappa shape index (κ1) is 10.6. The number of rotatable bonds is 3. The molecule has 0 fully saturated rings. The zero-order valence-electron chi connectivity index (χ0n) is 7.97. The Kier molecular flexibility index (Phi) is 2.77. The molecule has 0 spiro atoms. The summed E-state index contributed by atoms with van der Waals surface area (Å²) >= 11 is -0.143. The molecule has 1 aromatic heterocycles. The van der Waals surface area contributed by atoms with E-state index < -0.39 is 10.0 Å². The van der Waals surface area contributed by atoms with Gasteiger partial charge >= 0.3 is 93.7 Å². The second kappa shape index (κ2) is 3.92. The predicted octanol–water partition coefficient (Wildman–Crippen LogP) is 0.448. The number of sulfonamides is 1. The fourth-order valence-electron chi connectivity index (χ4n) is 1.13. The van der Waals surface area contributed by atoms with Gasteiger partial charge in [0.15, 0.2) is 0 Å². The van der Waals surface area contributed by atoms with Crippen LogP contribution in [0.15, 0.2) is 18.2 Å². The molecule has 1 aromatic carbocycles. The molecule has 80 valence electrons. The fourth-order valence-corrected chi connectivity index (χ4v) is 2.93. The monoisotopic (exact) mass is 291 g/mol. The molecule has 0 radical (unpaired) electrons. The number of nitrogens with zero attached hydrogens (tertiary/aromatic N) is 2.